The molecule has 50 valence electrons. The Balaban J connectivity index is 3.71. The third kappa shape index (κ3) is 2.84. The van der Waals surface area contributed by atoms with E-state index in [1.54, 1.807) is 0 Å². The molecule has 0 aromatic carbocycles. The second-order valence-corrected chi connectivity index (χ2v) is 4.10. The molecular weight excluding hydrogens is 213 g/mol. The van der Waals surface area contributed by atoms with Gasteiger partial charge in [0.2, 0.25) is 0 Å². The van der Waals surface area contributed by atoms with Gasteiger partial charge in [0.1, 0.15) is 4.84 Å². The van der Waals surface area contributed by atoms with E-state index in [0.717, 1.165) is 0 Å². The quantitative estimate of drug-likeness (QED) is 0.622. The zero-order chi connectivity index (χ0) is 6.78. The van der Waals surface area contributed by atoms with Gasteiger partial charge in [0.25, 0.3) is 0 Å². The molecule has 0 aromatic rings. The number of hydrogen-bond donors (Lipinski definition) is 0. The summed E-state index contributed by atoms with van der Waals surface area (Å²) in [6, 6.07) is 0. The van der Waals surface area contributed by atoms with E-state index in [1.807, 2.05) is 0 Å². The van der Waals surface area contributed by atoms with Crippen LogP contribution in [0.25, 0.3) is 0 Å². The van der Waals surface area contributed by atoms with E-state index < -0.39 is 9.17 Å². The van der Waals surface area contributed by atoms with Gasteiger partial charge in [-0.3, -0.25) is 0 Å². The second kappa shape index (κ2) is 3.58. The highest BCUT2D eigenvalue weighted by Crippen LogP contribution is 2.32. The Morgan fingerprint density at radius 3 is 1.62 bits per heavy atom. The van der Waals surface area contributed by atoms with E-state index in [9.17, 15) is 0 Å². The van der Waals surface area contributed by atoms with Crippen LogP contribution in [0, 0.1) is 0 Å². The molecule has 0 aromatic heterocycles. The Morgan fingerprint density at radius 2 is 1.62 bits per heavy atom. The summed E-state index contributed by atoms with van der Waals surface area (Å²) in [6.07, 6.45) is 0. The lowest BCUT2D eigenvalue weighted by molar-refractivity contribution is 0.960. The molecule has 0 aliphatic carbocycles. The fourth-order valence-electron chi connectivity index (χ4n) is 0.0583. The first kappa shape index (κ1) is 9.45. The summed E-state index contributed by atoms with van der Waals surface area (Å²) in [5, 5.41) is 0. The molecule has 0 fully saturated rings. The molecular formula is C3H3Cl5. The van der Waals surface area contributed by atoms with Gasteiger partial charge in [-0.05, 0) is 0 Å². The van der Waals surface area contributed by atoms with Crippen molar-refractivity contribution in [2.24, 2.45) is 0 Å². The largest absolute Gasteiger partial charge is 0.161 e. The Morgan fingerprint density at radius 1 is 1.25 bits per heavy atom. The monoisotopic (exact) mass is 214 g/mol. The van der Waals surface area contributed by atoms with Gasteiger partial charge in [0.05, 0.1) is 5.88 Å². The SMILES string of the molecule is ClCC(Cl)(Cl)C(Cl)Cl. The van der Waals surface area contributed by atoms with Crippen molar-refractivity contribution in [3.63, 3.8) is 0 Å². The molecule has 0 radical (unpaired) electrons. The summed E-state index contributed by atoms with van der Waals surface area (Å²) in [7, 11) is 0. The molecule has 0 unspecified atom stereocenters. The summed E-state index contributed by atoms with van der Waals surface area (Å²) in [4.78, 5) is -0.844. The Hall–Kier alpha value is 1.45. The van der Waals surface area contributed by atoms with E-state index in [4.69, 9.17) is 58.0 Å². The average molecular weight is 216 g/mol. The average Bonchev–Trinajstić information content (AvgIpc) is 1.67. The zero-order valence-electron chi connectivity index (χ0n) is 3.67. The van der Waals surface area contributed by atoms with Gasteiger partial charge in [-0.15, -0.1) is 34.8 Å². The van der Waals surface area contributed by atoms with Crippen LogP contribution in [0.5, 0.6) is 0 Å². The first-order valence-electron chi connectivity index (χ1n) is 1.72. The normalized spacial score (nSPS) is 12.8. The van der Waals surface area contributed by atoms with Gasteiger partial charge in [0, 0.05) is 0 Å². The second-order valence-electron chi connectivity index (χ2n) is 1.20. The van der Waals surface area contributed by atoms with Gasteiger partial charge in [-0.25, -0.2) is 0 Å². The van der Waals surface area contributed by atoms with Crippen LogP contribution >= 0.6 is 58.0 Å². The fraction of sp³-hybridized carbons (Fsp3) is 1.00. The predicted octanol–water partition coefficient (Wildman–Crippen LogP) is 3.20. The highest BCUT2D eigenvalue weighted by atomic mass is 35.5. The molecule has 5 heteroatoms. The lowest BCUT2D eigenvalue weighted by Crippen LogP contribution is -2.23. The Kier molecular flexibility index (Phi) is 4.23. The van der Waals surface area contributed by atoms with Crippen LogP contribution in [0.2, 0.25) is 0 Å². The third-order valence-corrected chi connectivity index (χ3v) is 3.09. The molecule has 0 saturated heterocycles. The first-order valence-corrected chi connectivity index (χ1v) is 3.89. The molecule has 0 bridgehead atoms. The van der Waals surface area contributed by atoms with Crippen molar-refractivity contribution in [2.45, 2.75) is 9.17 Å². The Labute approximate surface area is 73.0 Å². The number of hydrogen-bond acceptors (Lipinski definition) is 0. The molecule has 8 heavy (non-hydrogen) atoms. The molecule has 0 spiro atoms. The molecule has 0 N–H and O–H groups in total. The molecule has 0 amide bonds. The lowest BCUT2D eigenvalue weighted by Gasteiger charge is -2.15. The molecule has 0 saturated carbocycles. The van der Waals surface area contributed by atoms with Gasteiger partial charge in [-0.2, -0.15) is 0 Å². The minimum atomic E-state index is -1.22. The molecule has 0 heterocycles. The van der Waals surface area contributed by atoms with Crippen molar-refractivity contribution in [1.82, 2.24) is 0 Å². The predicted molar refractivity (Wildman–Crippen MR) is 40.7 cm³/mol. The van der Waals surface area contributed by atoms with Crippen LogP contribution < -0.4 is 0 Å². The van der Waals surface area contributed by atoms with E-state index in [-0.39, 0.29) is 5.88 Å². The summed E-state index contributed by atoms with van der Waals surface area (Å²) >= 11 is 26.7. The summed E-state index contributed by atoms with van der Waals surface area (Å²) in [5.74, 6) is 0.0216. The maximum absolute atomic E-state index is 5.43. The minimum Gasteiger partial charge on any atom is -0.123 e. The fourth-order valence-corrected chi connectivity index (χ4v) is 0.525. The molecule has 0 aliphatic rings. The van der Waals surface area contributed by atoms with Crippen LogP contribution in [0.15, 0.2) is 0 Å². The maximum atomic E-state index is 5.43. The van der Waals surface area contributed by atoms with Gasteiger partial charge >= 0.3 is 0 Å². The van der Waals surface area contributed by atoms with Crippen LogP contribution in [-0.2, 0) is 0 Å². The van der Waals surface area contributed by atoms with E-state index in [1.165, 1.54) is 0 Å². The van der Waals surface area contributed by atoms with Crippen LogP contribution in [0.3, 0.4) is 0 Å². The minimum absolute atomic E-state index is 0.0216. The highest BCUT2D eigenvalue weighted by molar-refractivity contribution is 6.61. The summed E-state index contributed by atoms with van der Waals surface area (Å²) in [6.45, 7) is 0. The number of alkyl halides is 5. The van der Waals surface area contributed by atoms with E-state index in [2.05, 4.69) is 0 Å². The molecule has 0 aliphatic heterocycles. The van der Waals surface area contributed by atoms with Crippen molar-refractivity contribution in [3.8, 4) is 0 Å². The molecule has 0 atom stereocenters. The van der Waals surface area contributed by atoms with Crippen molar-refractivity contribution in [1.29, 1.82) is 0 Å². The summed E-state index contributed by atoms with van der Waals surface area (Å²) in [5.41, 5.74) is 0. The van der Waals surface area contributed by atoms with Crippen molar-refractivity contribution in [2.75, 3.05) is 5.88 Å². The highest BCUT2D eigenvalue weighted by Gasteiger charge is 2.30. The van der Waals surface area contributed by atoms with E-state index >= 15 is 0 Å². The third-order valence-electron chi connectivity index (χ3n) is 0.497. The maximum Gasteiger partial charge on any atom is 0.161 e. The van der Waals surface area contributed by atoms with Crippen LogP contribution in [0.4, 0.5) is 0 Å². The van der Waals surface area contributed by atoms with Gasteiger partial charge < -0.3 is 0 Å². The van der Waals surface area contributed by atoms with Crippen LogP contribution in [0.1, 0.15) is 0 Å². The summed E-state index contributed by atoms with van der Waals surface area (Å²) < 4.78 is -1.22. The van der Waals surface area contributed by atoms with Crippen molar-refractivity contribution < 1.29 is 0 Å². The Bertz CT molecular complexity index is 68.1. The molecule has 0 rings (SSSR count). The van der Waals surface area contributed by atoms with E-state index in [0.29, 0.717) is 0 Å². The topological polar surface area (TPSA) is 0 Å². The lowest BCUT2D eigenvalue weighted by atomic mass is 10.5. The smallest absolute Gasteiger partial charge is 0.123 e. The zero-order valence-corrected chi connectivity index (χ0v) is 7.45. The number of halogens is 5. The van der Waals surface area contributed by atoms with Gasteiger partial charge in [0.15, 0.2) is 4.33 Å². The first-order chi connectivity index (χ1) is 3.50. The van der Waals surface area contributed by atoms with Gasteiger partial charge in [-0.1, -0.05) is 23.2 Å². The number of rotatable bonds is 2. The molecule has 0 nitrogen and oxygen atoms in total. The van der Waals surface area contributed by atoms with Crippen molar-refractivity contribution >= 4 is 58.0 Å². The van der Waals surface area contributed by atoms with Crippen molar-refractivity contribution in [3.05, 3.63) is 0 Å². The standard InChI is InChI=1S/C3H3Cl5/c4-1-3(7,8)2(5)6/h2H,1H2. The van der Waals surface area contributed by atoms with Crippen LogP contribution in [-0.4, -0.2) is 15.0 Å².